The first kappa shape index (κ1) is 11.4. The van der Waals surface area contributed by atoms with E-state index in [9.17, 15) is 9.18 Å². The Morgan fingerprint density at radius 3 is 2.76 bits per heavy atom. The van der Waals surface area contributed by atoms with Gasteiger partial charge in [0.2, 0.25) is 0 Å². The molecule has 0 aliphatic rings. The Hall–Kier alpha value is -2.08. The number of aromatic carboxylic acids is 1. The second kappa shape index (κ2) is 4.06. The highest BCUT2D eigenvalue weighted by Gasteiger charge is 2.15. The van der Waals surface area contributed by atoms with Crippen molar-refractivity contribution in [3.63, 3.8) is 0 Å². The van der Waals surface area contributed by atoms with Crippen molar-refractivity contribution in [1.82, 2.24) is 9.78 Å². The Morgan fingerprint density at radius 2 is 2.24 bits per heavy atom. The van der Waals surface area contributed by atoms with Crippen molar-refractivity contribution in [1.29, 1.82) is 0 Å². The van der Waals surface area contributed by atoms with Gasteiger partial charge in [0.25, 0.3) is 0 Å². The minimum Gasteiger partial charge on any atom is -0.478 e. The average molecular weight is 256 g/mol. The van der Waals surface area contributed by atoms with Crippen LogP contribution in [-0.2, 0) is 0 Å². The van der Waals surface area contributed by atoms with Crippen LogP contribution in [0.15, 0.2) is 24.5 Å². The lowest BCUT2D eigenvalue weighted by Crippen LogP contribution is -2.06. The fraction of sp³-hybridized carbons (Fsp3) is 0. The molecule has 0 aliphatic heterocycles. The summed E-state index contributed by atoms with van der Waals surface area (Å²) in [5.41, 5.74) is 5.49. The first-order chi connectivity index (χ1) is 7.99. The molecular weight excluding hydrogens is 249 g/mol. The Balaban J connectivity index is 2.57. The van der Waals surface area contributed by atoms with E-state index in [1.807, 2.05) is 0 Å². The molecule has 2 rings (SSSR count). The molecule has 0 atom stereocenters. The van der Waals surface area contributed by atoms with Crippen LogP contribution in [0.25, 0.3) is 5.69 Å². The maximum Gasteiger partial charge on any atom is 0.338 e. The summed E-state index contributed by atoms with van der Waals surface area (Å²) in [5, 5.41) is 12.9. The zero-order chi connectivity index (χ0) is 12.6. The number of carboxylic acids is 1. The molecule has 0 saturated carbocycles. The summed E-state index contributed by atoms with van der Waals surface area (Å²) in [6, 6.07) is 2.05. The van der Waals surface area contributed by atoms with Gasteiger partial charge in [-0.3, -0.25) is 0 Å². The summed E-state index contributed by atoms with van der Waals surface area (Å²) in [6.45, 7) is 0. The number of halogens is 2. The monoisotopic (exact) mass is 255 g/mol. The molecule has 0 fully saturated rings. The standard InChI is InChI=1S/C10H7ClFN3O2/c11-5-3-14-15(4-5)9-2-7(12)6(10(16)17)1-8(9)13/h1-4H,13H2,(H,16,17). The molecule has 17 heavy (non-hydrogen) atoms. The van der Waals surface area contributed by atoms with E-state index in [0.29, 0.717) is 5.02 Å². The quantitative estimate of drug-likeness (QED) is 0.804. The molecule has 0 radical (unpaired) electrons. The maximum atomic E-state index is 13.5. The molecule has 7 heteroatoms. The predicted molar refractivity (Wildman–Crippen MR) is 59.9 cm³/mol. The van der Waals surface area contributed by atoms with Crippen LogP contribution in [0.2, 0.25) is 5.02 Å². The van der Waals surface area contributed by atoms with Gasteiger partial charge in [-0.15, -0.1) is 0 Å². The number of nitrogen functional groups attached to an aromatic ring is 1. The lowest BCUT2D eigenvalue weighted by molar-refractivity contribution is 0.0692. The van der Waals surface area contributed by atoms with Gasteiger partial charge in [-0.25, -0.2) is 13.9 Å². The number of carbonyl (C=O) groups is 1. The molecule has 0 bridgehead atoms. The highest BCUT2D eigenvalue weighted by Crippen LogP contribution is 2.22. The highest BCUT2D eigenvalue weighted by molar-refractivity contribution is 6.30. The number of aromatic nitrogens is 2. The smallest absolute Gasteiger partial charge is 0.338 e. The number of benzene rings is 1. The van der Waals surface area contributed by atoms with Gasteiger partial charge in [-0.2, -0.15) is 5.10 Å². The normalized spacial score (nSPS) is 10.5. The third-order valence-electron chi connectivity index (χ3n) is 2.14. The second-order valence-electron chi connectivity index (χ2n) is 3.30. The SMILES string of the molecule is Nc1cc(C(=O)O)c(F)cc1-n1cc(Cl)cn1. The predicted octanol–water partition coefficient (Wildman–Crippen LogP) is 1.95. The highest BCUT2D eigenvalue weighted by atomic mass is 35.5. The Morgan fingerprint density at radius 1 is 1.53 bits per heavy atom. The topological polar surface area (TPSA) is 81.1 Å². The van der Waals surface area contributed by atoms with Gasteiger partial charge < -0.3 is 10.8 Å². The first-order valence-electron chi connectivity index (χ1n) is 4.52. The lowest BCUT2D eigenvalue weighted by Gasteiger charge is -2.07. The van der Waals surface area contributed by atoms with Gasteiger partial charge in [0.05, 0.1) is 28.2 Å². The molecule has 2 aromatic rings. The van der Waals surface area contributed by atoms with Gasteiger partial charge in [-0.1, -0.05) is 11.6 Å². The number of anilines is 1. The van der Waals surface area contributed by atoms with Crippen molar-refractivity contribution in [3.8, 4) is 5.69 Å². The van der Waals surface area contributed by atoms with Crippen LogP contribution in [0.1, 0.15) is 10.4 Å². The second-order valence-corrected chi connectivity index (χ2v) is 3.74. The van der Waals surface area contributed by atoms with E-state index in [4.69, 9.17) is 22.4 Å². The van der Waals surface area contributed by atoms with Crippen molar-refractivity contribution in [3.05, 3.63) is 40.9 Å². The molecule has 1 heterocycles. The molecule has 3 N–H and O–H groups in total. The van der Waals surface area contributed by atoms with Crippen LogP contribution in [-0.4, -0.2) is 20.9 Å². The Kier molecular flexibility index (Phi) is 2.72. The molecule has 0 unspecified atom stereocenters. The van der Waals surface area contributed by atoms with Crippen LogP contribution in [0.4, 0.5) is 10.1 Å². The van der Waals surface area contributed by atoms with Crippen LogP contribution in [0.5, 0.6) is 0 Å². The summed E-state index contributed by atoms with van der Waals surface area (Å²) >= 11 is 5.67. The molecule has 0 spiro atoms. The van der Waals surface area contributed by atoms with Crippen molar-refractivity contribution >= 4 is 23.3 Å². The molecule has 1 aromatic heterocycles. The zero-order valence-electron chi connectivity index (χ0n) is 8.39. The van der Waals surface area contributed by atoms with Crippen LogP contribution in [0, 0.1) is 5.82 Å². The van der Waals surface area contributed by atoms with Crippen molar-refractivity contribution < 1.29 is 14.3 Å². The van der Waals surface area contributed by atoms with Gasteiger partial charge in [0.15, 0.2) is 0 Å². The van der Waals surface area contributed by atoms with Crippen LogP contribution < -0.4 is 5.73 Å². The van der Waals surface area contributed by atoms with Crippen molar-refractivity contribution in [2.45, 2.75) is 0 Å². The number of hydrogen-bond donors (Lipinski definition) is 2. The van der Waals surface area contributed by atoms with E-state index in [1.54, 1.807) is 0 Å². The lowest BCUT2D eigenvalue weighted by atomic mass is 10.1. The van der Waals surface area contributed by atoms with E-state index >= 15 is 0 Å². The molecule has 0 saturated heterocycles. The third kappa shape index (κ3) is 2.07. The summed E-state index contributed by atoms with van der Waals surface area (Å²) in [5.74, 6) is -2.26. The van der Waals surface area contributed by atoms with E-state index in [-0.39, 0.29) is 11.4 Å². The Bertz CT molecular complexity index is 597. The molecule has 0 aliphatic carbocycles. The largest absolute Gasteiger partial charge is 0.478 e. The average Bonchev–Trinajstić information content (AvgIpc) is 2.67. The van der Waals surface area contributed by atoms with E-state index < -0.39 is 17.3 Å². The first-order valence-corrected chi connectivity index (χ1v) is 4.89. The molecule has 1 aromatic carbocycles. The molecule has 88 valence electrons. The van der Waals surface area contributed by atoms with Crippen LogP contribution in [0.3, 0.4) is 0 Å². The minimum absolute atomic E-state index is 0.101. The number of nitrogens with zero attached hydrogens (tertiary/aromatic N) is 2. The molecule has 5 nitrogen and oxygen atoms in total. The number of hydrogen-bond acceptors (Lipinski definition) is 3. The van der Waals surface area contributed by atoms with Crippen LogP contribution >= 0.6 is 11.6 Å². The summed E-state index contributed by atoms with van der Waals surface area (Å²) in [7, 11) is 0. The summed E-state index contributed by atoms with van der Waals surface area (Å²) in [6.07, 6.45) is 2.80. The van der Waals surface area contributed by atoms with E-state index in [2.05, 4.69) is 5.10 Å². The van der Waals surface area contributed by atoms with Crippen molar-refractivity contribution in [2.24, 2.45) is 0 Å². The molecule has 0 amide bonds. The third-order valence-corrected chi connectivity index (χ3v) is 2.34. The minimum atomic E-state index is -1.38. The van der Waals surface area contributed by atoms with Gasteiger partial charge in [0, 0.05) is 12.3 Å². The molecular formula is C10H7ClFN3O2. The van der Waals surface area contributed by atoms with Gasteiger partial charge in [0.1, 0.15) is 5.82 Å². The van der Waals surface area contributed by atoms with Gasteiger partial charge in [-0.05, 0) is 6.07 Å². The summed E-state index contributed by atoms with van der Waals surface area (Å²) in [4.78, 5) is 10.7. The number of nitrogens with two attached hydrogens (primary N) is 1. The van der Waals surface area contributed by atoms with Gasteiger partial charge >= 0.3 is 5.97 Å². The summed E-state index contributed by atoms with van der Waals surface area (Å²) < 4.78 is 14.7. The number of rotatable bonds is 2. The fourth-order valence-electron chi connectivity index (χ4n) is 1.37. The van der Waals surface area contributed by atoms with Crippen molar-refractivity contribution in [2.75, 3.05) is 5.73 Å². The Labute approximate surface area is 100 Å². The zero-order valence-corrected chi connectivity index (χ0v) is 9.15. The van der Waals surface area contributed by atoms with E-state index in [1.165, 1.54) is 17.1 Å². The van der Waals surface area contributed by atoms with E-state index in [0.717, 1.165) is 12.1 Å². The number of carboxylic acid groups (broad SMARTS) is 1. The fourth-order valence-corrected chi connectivity index (χ4v) is 1.51. The maximum absolute atomic E-state index is 13.5.